The standard InChI is InChI=1S/C8F10/c9-3-1(7(13,14)15)4(10)6(12)5(11)2(3)8(16,17)18. The van der Waals surface area contributed by atoms with Crippen LogP contribution in [0.2, 0.25) is 0 Å². The lowest BCUT2D eigenvalue weighted by molar-refractivity contribution is -0.151. The van der Waals surface area contributed by atoms with Gasteiger partial charge in [-0.1, -0.05) is 0 Å². The highest BCUT2D eigenvalue weighted by Gasteiger charge is 2.48. The second-order valence-corrected chi connectivity index (χ2v) is 3.00. The number of benzene rings is 1. The van der Waals surface area contributed by atoms with E-state index in [1.807, 2.05) is 0 Å². The van der Waals surface area contributed by atoms with Crippen LogP contribution in [0.4, 0.5) is 43.9 Å². The summed E-state index contributed by atoms with van der Waals surface area (Å²) >= 11 is 0. The van der Waals surface area contributed by atoms with Gasteiger partial charge in [-0.3, -0.25) is 0 Å². The Morgan fingerprint density at radius 3 is 0.944 bits per heavy atom. The Labute approximate surface area is 91.8 Å². The normalized spacial score (nSPS) is 13.0. The van der Waals surface area contributed by atoms with Gasteiger partial charge in [-0.15, -0.1) is 0 Å². The van der Waals surface area contributed by atoms with Gasteiger partial charge >= 0.3 is 12.4 Å². The molecule has 0 atom stereocenters. The topological polar surface area (TPSA) is 0 Å². The summed E-state index contributed by atoms with van der Waals surface area (Å²) in [5.74, 6) is -12.4. The highest BCUT2D eigenvalue weighted by molar-refractivity contribution is 5.34. The minimum atomic E-state index is -5.94. The van der Waals surface area contributed by atoms with E-state index in [-0.39, 0.29) is 0 Å². The fourth-order valence-corrected chi connectivity index (χ4v) is 1.13. The first-order valence-electron chi connectivity index (χ1n) is 3.89. The molecule has 0 saturated heterocycles. The number of alkyl halides is 6. The molecule has 18 heavy (non-hydrogen) atoms. The van der Waals surface area contributed by atoms with E-state index in [2.05, 4.69) is 0 Å². The Morgan fingerprint density at radius 1 is 0.444 bits per heavy atom. The largest absolute Gasteiger partial charge is 0.422 e. The van der Waals surface area contributed by atoms with Crippen LogP contribution in [-0.4, -0.2) is 0 Å². The first-order chi connectivity index (χ1) is 7.89. The second kappa shape index (κ2) is 4.02. The average Bonchev–Trinajstić information content (AvgIpc) is 2.09. The van der Waals surface area contributed by atoms with Gasteiger partial charge in [-0.2, -0.15) is 26.3 Å². The van der Waals surface area contributed by atoms with Crippen LogP contribution in [0.5, 0.6) is 0 Å². The van der Waals surface area contributed by atoms with E-state index in [4.69, 9.17) is 0 Å². The van der Waals surface area contributed by atoms with Crippen molar-refractivity contribution in [2.24, 2.45) is 0 Å². The predicted octanol–water partition coefficient (Wildman–Crippen LogP) is 4.28. The van der Waals surface area contributed by atoms with E-state index in [0.717, 1.165) is 0 Å². The van der Waals surface area contributed by atoms with Crippen molar-refractivity contribution in [1.82, 2.24) is 0 Å². The van der Waals surface area contributed by atoms with Gasteiger partial charge in [-0.05, 0) is 0 Å². The number of hydrogen-bond donors (Lipinski definition) is 0. The van der Waals surface area contributed by atoms with Gasteiger partial charge in [0.15, 0.2) is 23.3 Å². The summed E-state index contributed by atoms with van der Waals surface area (Å²) < 4.78 is 123. The van der Waals surface area contributed by atoms with E-state index in [1.165, 1.54) is 0 Å². The summed E-state index contributed by atoms with van der Waals surface area (Å²) in [5, 5.41) is 0. The minimum Gasteiger partial charge on any atom is -0.205 e. The maximum Gasteiger partial charge on any atom is 0.422 e. The van der Waals surface area contributed by atoms with Gasteiger partial charge in [0.2, 0.25) is 0 Å². The van der Waals surface area contributed by atoms with E-state index in [1.54, 1.807) is 0 Å². The Balaban J connectivity index is 3.83. The Kier molecular flexibility index (Phi) is 3.26. The molecule has 1 aromatic carbocycles. The van der Waals surface area contributed by atoms with Crippen LogP contribution in [0.25, 0.3) is 0 Å². The molecule has 0 radical (unpaired) electrons. The summed E-state index contributed by atoms with van der Waals surface area (Å²) in [4.78, 5) is 0. The lowest BCUT2D eigenvalue weighted by Gasteiger charge is -2.15. The predicted molar refractivity (Wildman–Crippen MR) is 36.3 cm³/mol. The van der Waals surface area contributed by atoms with Gasteiger partial charge in [0.1, 0.15) is 11.1 Å². The van der Waals surface area contributed by atoms with Crippen molar-refractivity contribution in [3.8, 4) is 0 Å². The van der Waals surface area contributed by atoms with E-state index in [9.17, 15) is 43.9 Å². The van der Waals surface area contributed by atoms with Gasteiger partial charge in [-0.25, -0.2) is 17.6 Å². The van der Waals surface area contributed by atoms with Gasteiger partial charge in [0, 0.05) is 0 Å². The third-order valence-corrected chi connectivity index (χ3v) is 1.83. The molecule has 10 heteroatoms. The lowest BCUT2D eigenvalue weighted by atomic mass is 10.1. The average molecular weight is 286 g/mol. The van der Waals surface area contributed by atoms with Crippen molar-refractivity contribution in [3.63, 3.8) is 0 Å². The molecule has 0 aliphatic rings. The van der Waals surface area contributed by atoms with Crippen LogP contribution in [0.1, 0.15) is 11.1 Å². The molecule has 0 N–H and O–H groups in total. The van der Waals surface area contributed by atoms with E-state index < -0.39 is 46.7 Å². The zero-order valence-electron chi connectivity index (χ0n) is 7.78. The van der Waals surface area contributed by atoms with Crippen molar-refractivity contribution >= 4 is 0 Å². The van der Waals surface area contributed by atoms with Crippen molar-refractivity contribution in [3.05, 3.63) is 34.4 Å². The number of hydrogen-bond acceptors (Lipinski definition) is 0. The molecule has 0 heterocycles. The summed E-state index contributed by atoms with van der Waals surface area (Å²) in [5.41, 5.74) is -6.26. The summed E-state index contributed by atoms with van der Waals surface area (Å²) in [6, 6.07) is 0. The maximum absolute atomic E-state index is 12.9. The first-order valence-corrected chi connectivity index (χ1v) is 3.89. The molecule has 0 nitrogen and oxygen atoms in total. The fourth-order valence-electron chi connectivity index (χ4n) is 1.13. The van der Waals surface area contributed by atoms with E-state index in [0.29, 0.717) is 0 Å². The number of halogens is 10. The SMILES string of the molecule is Fc1c(F)c(C(F)(F)F)c(F)c(C(F)(F)F)c1F. The molecule has 1 aromatic rings. The smallest absolute Gasteiger partial charge is 0.205 e. The van der Waals surface area contributed by atoms with E-state index >= 15 is 0 Å². The summed E-state index contributed by atoms with van der Waals surface area (Å²) in [7, 11) is 0. The number of rotatable bonds is 0. The van der Waals surface area contributed by atoms with Crippen molar-refractivity contribution < 1.29 is 43.9 Å². The molecule has 0 aromatic heterocycles. The molecule has 0 aliphatic carbocycles. The molecule has 1 rings (SSSR count). The van der Waals surface area contributed by atoms with Crippen LogP contribution in [0, 0.1) is 23.3 Å². The van der Waals surface area contributed by atoms with Gasteiger partial charge < -0.3 is 0 Å². The zero-order chi connectivity index (χ0) is 14.5. The summed E-state index contributed by atoms with van der Waals surface area (Å²) in [6.45, 7) is 0. The molecule has 0 bridgehead atoms. The van der Waals surface area contributed by atoms with Crippen molar-refractivity contribution in [1.29, 1.82) is 0 Å². The molecular formula is C8F10. The van der Waals surface area contributed by atoms with Crippen molar-refractivity contribution in [2.75, 3.05) is 0 Å². The third kappa shape index (κ3) is 2.23. The molecule has 0 saturated carbocycles. The summed E-state index contributed by atoms with van der Waals surface area (Å²) in [6.07, 6.45) is -11.9. The van der Waals surface area contributed by atoms with Crippen LogP contribution < -0.4 is 0 Å². The van der Waals surface area contributed by atoms with Gasteiger partial charge in [0.05, 0.1) is 0 Å². The monoisotopic (exact) mass is 286 g/mol. The molecule has 102 valence electrons. The molecular weight excluding hydrogens is 286 g/mol. The lowest BCUT2D eigenvalue weighted by Crippen LogP contribution is -2.21. The molecule has 0 amide bonds. The highest BCUT2D eigenvalue weighted by Crippen LogP contribution is 2.42. The zero-order valence-corrected chi connectivity index (χ0v) is 7.78. The molecule has 0 unspecified atom stereocenters. The Hall–Kier alpha value is -1.48. The fraction of sp³-hybridized carbons (Fsp3) is 0.250. The van der Waals surface area contributed by atoms with Crippen LogP contribution >= 0.6 is 0 Å². The van der Waals surface area contributed by atoms with Crippen molar-refractivity contribution in [2.45, 2.75) is 12.4 Å². The van der Waals surface area contributed by atoms with Gasteiger partial charge in [0.25, 0.3) is 0 Å². The molecule has 0 spiro atoms. The molecule has 0 aliphatic heterocycles. The van der Waals surface area contributed by atoms with Crippen LogP contribution in [-0.2, 0) is 12.4 Å². The minimum absolute atomic E-state index is 3.05. The quantitative estimate of drug-likeness (QED) is 0.379. The molecule has 0 fully saturated rings. The van der Waals surface area contributed by atoms with Crippen LogP contribution in [0.3, 0.4) is 0 Å². The Bertz CT molecular complexity index is 439. The van der Waals surface area contributed by atoms with Crippen LogP contribution in [0.15, 0.2) is 0 Å². The third-order valence-electron chi connectivity index (χ3n) is 1.83. The first kappa shape index (κ1) is 14.6. The highest BCUT2D eigenvalue weighted by atomic mass is 19.4. The maximum atomic E-state index is 12.9. The Morgan fingerprint density at radius 2 is 0.722 bits per heavy atom. The second-order valence-electron chi connectivity index (χ2n) is 3.00.